The molecule has 0 unspecified atom stereocenters. The first kappa shape index (κ1) is 12.9. The molecule has 1 amide bonds. The molecule has 0 bridgehead atoms. The average molecular weight is 279 g/mol. The van der Waals surface area contributed by atoms with Gasteiger partial charge in [0, 0.05) is 5.02 Å². The van der Waals surface area contributed by atoms with Crippen LogP contribution in [0.3, 0.4) is 0 Å². The van der Waals surface area contributed by atoms with E-state index in [9.17, 15) is 4.79 Å². The van der Waals surface area contributed by atoms with E-state index in [-0.39, 0.29) is 17.5 Å². The van der Waals surface area contributed by atoms with Crippen LogP contribution < -0.4 is 5.32 Å². The number of hydrogen-bond acceptors (Lipinski definition) is 2. The second-order valence-corrected chi connectivity index (χ2v) is 6.15. The van der Waals surface area contributed by atoms with E-state index in [4.69, 9.17) is 11.6 Å². The average Bonchev–Trinajstić information content (AvgIpc) is 3.03. The Bertz CT molecular complexity index is 481. The van der Waals surface area contributed by atoms with Crippen LogP contribution in [0.5, 0.6) is 0 Å². The summed E-state index contributed by atoms with van der Waals surface area (Å²) < 4.78 is 0. The van der Waals surface area contributed by atoms with Crippen molar-refractivity contribution >= 4 is 17.5 Å². The van der Waals surface area contributed by atoms with Gasteiger partial charge in [-0.2, -0.15) is 0 Å². The molecule has 3 rings (SSSR count). The van der Waals surface area contributed by atoms with Gasteiger partial charge in [-0.3, -0.25) is 9.69 Å². The highest BCUT2D eigenvalue weighted by Crippen LogP contribution is 2.45. The van der Waals surface area contributed by atoms with Gasteiger partial charge in [0.2, 0.25) is 5.91 Å². The van der Waals surface area contributed by atoms with Gasteiger partial charge in [0.05, 0.1) is 11.6 Å². The number of carbonyl (C=O) groups is 1. The lowest BCUT2D eigenvalue weighted by Crippen LogP contribution is -2.45. The van der Waals surface area contributed by atoms with E-state index in [0.717, 1.165) is 37.3 Å². The maximum absolute atomic E-state index is 12.4. The van der Waals surface area contributed by atoms with Crippen molar-refractivity contribution in [1.29, 1.82) is 0 Å². The molecule has 2 fully saturated rings. The number of likely N-dealkylation sites (N-methyl/N-ethyl adjacent to an activating group) is 1. The van der Waals surface area contributed by atoms with Crippen molar-refractivity contribution in [1.82, 2.24) is 10.2 Å². The molecule has 1 saturated carbocycles. The third kappa shape index (κ3) is 2.49. The molecule has 2 aliphatic rings. The topological polar surface area (TPSA) is 32.3 Å². The minimum Gasteiger partial charge on any atom is -0.345 e. The lowest BCUT2D eigenvalue weighted by molar-refractivity contribution is -0.126. The van der Waals surface area contributed by atoms with Gasteiger partial charge in [-0.05, 0) is 57.0 Å². The number of halogens is 1. The summed E-state index contributed by atoms with van der Waals surface area (Å²) in [7, 11) is 2.03. The summed E-state index contributed by atoms with van der Waals surface area (Å²) in [5.74, 6) is 0.174. The van der Waals surface area contributed by atoms with Crippen LogP contribution in [0.2, 0.25) is 5.02 Å². The Balaban J connectivity index is 1.72. The molecule has 1 aliphatic heterocycles. The summed E-state index contributed by atoms with van der Waals surface area (Å²) in [4.78, 5) is 14.5. The van der Waals surface area contributed by atoms with Crippen LogP contribution in [0.1, 0.15) is 31.2 Å². The molecular weight excluding hydrogens is 260 g/mol. The molecule has 1 saturated heterocycles. The Morgan fingerprint density at radius 1 is 1.37 bits per heavy atom. The number of nitrogens with zero attached hydrogens (tertiary/aromatic N) is 1. The van der Waals surface area contributed by atoms with Crippen LogP contribution in [0.15, 0.2) is 24.3 Å². The Morgan fingerprint density at radius 3 is 2.58 bits per heavy atom. The summed E-state index contributed by atoms with van der Waals surface area (Å²) in [5, 5.41) is 3.99. The fraction of sp³-hybridized carbons (Fsp3) is 0.533. The Morgan fingerprint density at radius 2 is 2.05 bits per heavy atom. The van der Waals surface area contributed by atoms with E-state index in [1.54, 1.807) is 0 Å². The maximum Gasteiger partial charge on any atom is 0.238 e. The molecule has 0 radical (unpaired) electrons. The van der Waals surface area contributed by atoms with Crippen molar-refractivity contribution < 1.29 is 4.79 Å². The highest BCUT2D eigenvalue weighted by atomic mass is 35.5. The first-order chi connectivity index (χ1) is 9.11. The zero-order chi connectivity index (χ0) is 13.5. The van der Waals surface area contributed by atoms with Gasteiger partial charge >= 0.3 is 0 Å². The Hall–Kier alpha value is -1.06. The van der Waals surface area contributed by atoms with Gasteiger partial charge in [-0.25, -0.2) is 0 Å². The second kappa shape index (κ2) is 4.80. The molecule has 102 valence electrons. The number of nitrogens with one attached hydrogen (secondary N) is 1. The summed E-state index contributed by atoms with van der Waals surface area (Å²) >= 11 is 5.92. The summed E-state index contributed by atoms with van der Waals surface area (Å²) in [5.41, 5.74) is 1.04. The quantitative estimate of drug-likeness (QED) is 0.922. The fourth-order valence-electron chi connectivity index (χ4n) is 2.94. The third-order valence-corrected chi connectivity index (χ3v) is 4.58. The van der Waals surface area contributed by atoms with Crippen LogP contribution in [-0.2, 0) is 10.3 Å². The van der Waals surface area contributed by atoms with E-state index in [0.29, 0.717) is 0 Å². The molecule has 0 spiro atoms. The molecule has 1 aromatic carbocycles. The molecule has 1 N–H and O–H groups in total. The highest BCUT2D eigenvalue weighted by molar-refractivity contribution is 6.30. The smallest absolute Gasteiger partial charge is 0.238 e. The van der Waals surface area contributed by atoms with Gasteiger partial charge in [-0.1, -0.05) is 23.7 Å². The molecule has 1 aliphatic carbocycles. The molecule has 19 heavy (non-hydrogen) atoms. The molecular formula is C15H19ClN2O. The minimum atomic E-state index is -0.134. The lowest BCUT2D eigenvalue weighted by Gasteiger charge is -2.24. The summed E-state index contributed by atoms with van der Waals surface area (Å²) in [6.07, 6.45) is 4.13. The Kier molecular flexibility index (Phi) is 3.27. The van der Waals surface area contributed by atoms with Gasteiger partial charge in [0.1, 0.15) is 0 Å². The highest BCUT2D eigenvalue weighted by Gasteiger charge is 2.47. The van der Waals surface area contributed by atoms with E-state index in [2.05, 4.69) is 10.2 Å². The number of carbonyl (C=O) groups excluding carboxylic acids is 1. The number of rotatable bonds is 3. The normalized spacial score (nSPS) is 25.3. The number of likely N-dealkylation sites (tertiary alicyclic amines) is 1. The third-order valence-electron chi connectivity index (χ3n) is 4.33. The molecule has 3 nitrogen and oxygen atoms in total. The molecule has 4 heteroatoms. The predicted molar refractivity (Wildman–Crippen MR) is 76.2 cm³/mol. The van der Waals surface area contributed by atoms with Crippen molar-refractivity contribution in [2.75, 3.05) is 13.6 Å². The van der Waals surface area contributed by atoms with Crippen molar-refractivity contribution in [3.8, 4) is 0 Å². The number of hydrogen-bond donors (Lipinski definition) is 1. The van der Waals surface area contributed by atoms with Crippen LogP contribution >= 0.6 is 11.6 Å². The first-order valence-corrected chi connectivity index (χ1v) is 7.27. The second-order valence-electron chi connectivity index (χ2n) is 5.72. The van der Waals surface area contributed by atoms with Gasteiger partial charge < -0.3 is 5.32 Å². The van der Waals surface area contributed by atoms with Gasteiger partial charge in [-0.15, -0.1) is 0 Å². The molecule has 1 heterocycles. The number of amides is 1. The van der Waals surface area contributed by atoms with E-state index >= 15 is 0 Å². The van der Waals surface area contributed by atoms with E-state index < -0.39 is 0 Å². The maximum atomic E-state index is 12.4. The SMILES string of the molecule is CN1CCC[C@H]1C(=O)NC1(c2ccc(Cl)cc2)CC1. The van der Waals surface area contributed by atoms with Crippen molar-refractivity contribution in [2.45, 2.75) is 37.3 Å². The number of benzene rings is 1. The molecule has 1 atom stereocenters. The van der Waals surface area contributed by atoms with Crippen LogP contribution in [-0.4, -0.2) is 30.4 Å². The van der Waals surface area contributed by atoms with Crippen molar-refractivity contribution in [3.05, 3.63) is 34.9 Å². The predicted octanol–water partition coefficient (Wildman–Crippen LogP) is 2.54. The fourth-order valence-corrected chi connectivity index (χ4v) is 3.07. The van der Waals surface area contributed by atoms with Crippen LogP contribution in [0.4, 0.5) is 0 Å². The summed E-state index contributed by atoms with van der Waals surface area (Å²) in [6, 6.07) is 7.88. The lowest BCUT2D eigenvalue weighted by atomic mass is 10.0. The van der Waals surface area contributed by atoms with Gasteiger partial charge in [0.15, 0.2) is 0 Å². The van der Waals surface area contributed by atoms with Crippen LogP contribution in [0.25, 0.3) is 0 Å². The molecule has 1 aromatic rings. The standard InChI is InChI=1S/C15H19ClN2O/c1-18-10-2-3-13(18)14(19)17-15(8-9-15)11-4-6-12(16)7-5-11/h4-7,13H,2-3,8-10H2,1H3,(H,17,19)/t13-/m0/s1. The zero-order valence-electron chi connectivity index (χ0n) is 11.2. The van der Waals surface area contributed by atoms with Gasteiger partial charge in [0.25, 0.3) is 0 Å². The minimum absolute atomic E-state index is 0.0461. The summed E-state index contributed by atoms with van der Waals surface area (Å²) in [6.45, 7) is 1.02. The van der Waals surface area contributed by atoms with E-state index in [1.165, 1.54) is 5.56 Å². The van der Waals surface area contributed by atoms with Crippen LogP contribution in [0, 0.1) is 0 Å². The zero-order valence-corrected chi connectivity index (χ0v) is 11.9. The van der Waals surface area contributed by atoms with Crippen molar-refractivity contribution in [3.63, 3.8) is 0 Å². The largest absolute Gasteiger partial charge is 0.345 e. The monoisotopic (exact) mass is 278 g/mol. The van der Waals surface area contributed by atoms with Crippen molar-refractivity contribution in [2.24, 2.45) is 0 Å². The van der Waals surface area contributed by atoms with E-state index in [1.807, 2.05) is 31.3 Å². The Labute approximate surface area is 118 Å². The molecule has 0 aromatic heterocycles. The first-order valence-electron chi connectivity index (χ1n) is 6.89.